The quantitative estimate of drug-likeness (QED) is 0.857. The lowest BCUT2D eigenvalue weighted by Crippen LogP contribution is -2.51. The Hall–Kier alpha value is -2.38. The molecular formula is C20H25N3O3S. The third-order valence-corrected chi connectivity index (χ3v) is 6.56. The molecule has 0 unspecified atom stereocenters. The molecule has 2 amide bonds. The molecule has 0 atom stereocenters. The highest BCUT2D eigenvalue weighted by atomic mass is 32.2. The molecular weight excluding hydrogens is 362 g/mol. The van der Waals surface area contributed by atoms with Crippen LogP contribution in [0.5, 0.6) is 0 Å². The SMILES string of the molecule is CCCc1ccc(NC(=O)N2CCN(S(=O)(=O)c3ccccc3)CC2)cc1. The first kappa shape index (κ1) is 19.4. The van der Waals surface area contributed by atoms with Crippen LogP contribution in [0.2, 0.25) is 0 Å². The maximum Gasteiger partial charge on any atom is 0.321 e. The van der Waals surface area contributed by atoms with E-state index in [1.54, 1.807) is 35.2 Å². The maximum absolute atomic E-state index is 12.6. The Morgan fingerprint density at radius 1 is 0.963 bits per heavy atom. The Morgan fingerprint density at radius 2 is 1.59 bits per heavy atom. The standard InChI is InChI=1S/C20H25N3O3S/c1-2-6-17-9-11-18(12-10-17)21-20(24)22-13-15-23(16-14-22)27(25,26)19-7-4-3-5-8-19/h3-5,7-12H,2,6,13-16H2,1H3,(H,21,24). The third-order valence-electron chi connectivity index (χ3n) is 4.65. The van der Waals surface area contributed by atoms with Crippen molar-refractivity contribution in [1.82, 2.24) is 9.21 Å². The number of aryl methyl sites for hydroxylation is 1. The number of benzene rings is 2. The van der Waals surface area contributed by atoms with E-state index in [4.69, 9.17) is 0 Å². The van der Waals surface area contributed by atoms with E-state index < -0.39 is 10.0 Å². The number of piperazine rings is 1. The molecule has 0 aromatic heterocycles. The van der Waals surface area contributed by atoms with E-state index >= 15 is 0 Å². The molecule has 2 aromatic carbocycles. The molecule has 0 spiro atoms. The Kier molecular flexibility index (Phi) is 6.13. The average molecular weight is 388 g/mol. The molecule has 0 saturated carbocycles. The molecule has 2 aromatic rings. The van der Waals surface area contributed by atoms with Gasteiger partial charge in [-0.15, -0.1) is 0 Å². The summed E-state index contributed by atoms with van der Waals surface area (Å²) in [5.41, 5.74) is 1.99. The molecule has 144 valence electrons. The highest BCUT2D eigenvalue weighted by Gasteiger charge is 2.29. The second-order valence-electron chi connectivity index (χ2n) is 6.58. The molecule has 7 heteroatoms. The zero-order chi connectivity index (χ0) is 19.3. The van der Waals surface area contributed by atoms with Crippen LogP contribution in [0, 0.1) is 0 Å². The summed E-state index contributed by atoms with van der Waals surface area (Å²) in [5.74, 6) is 0. The van der Waals surface area contributed by atoms with Crippen molar-refractivity contribution in [1.29, 1.82) is 0 Å². The van der Waals surface area contributed by atoms with E-state index in [9.17, 15) is 13.2 Å². The summed E-state index contributed by atoms with van der Waals surface area (Å²) in [5, 5.41) is 2.89. The smallest absolute Gasteiger partial charge is 0.321 e. The molecule has 6 nitrogen and oxygen atoms in total. The molecule has 0 radical (unpaired) electrons. The van der Waals surface area contributed by atoms with Crippen molar-refractivity contribution in [3.8, 4) is 0 Å². The Balaban J connectivity index is 1.56. The van der Waals surface area contributed by atoms with Crippen LogP contribution in [0.4, 0.5) is 10.5 Å². The summed E-state index contributed by atoms with van der Waals surface area (Å²) in [7, 11) is -3.51. The molecule has 1 fully saturated rings. The molecule has 1 heterocycles. The number of hydrogen-bond donors (Lipinski definition) is 1. The van der Waals surface area contributed by atoms with Gasteiger partial charge in [0.05, 0.1) is 4.90 Å². The molecule has 3 rings (SSSR count). The van der Waals surface area contributed by atoms with Crippen molar-refractivity contribution in [3.05, 3.63) is 60.2 Å². The summed E-state index contributed by atoms with van der Waals surface area (Å²) in [6, 6.07) is 16.0. The number of urea groups is 1. The first-order valence-electron chi connectivity index (χ1n) is 9.21. The number of nitrogens with zero attached hydrogens (tertiary/aromatic N) is 2. The van der Waals surface area contributed by atoms with Gasteiger partial charge in [0.25, 0.3) is 0 Å². The molecule has 1 aliphatic heterocycles. The van der Waals surface area contributed by atoms with Gasteiger partial charge in [0.2, 0.25) is 10.0 Å². The average Bonchev–Trinajstić information content (AvgIpc) is 2.70. The van der Waals surface area contributed by atoms with Crippen molar-refractivity contribution in [2.45, 2.75) is 24.7 Å². The zero-order valence-electron chi connectivity index (χ0n) is 15.5. The van der Waals surface area contributed by atoms with E-state index in [2.05, 4.69) is 12.2 Å². The first-order valence-corrected chi connectivity index (χ1v) is 10.6. The first-order chi connectivity index (χ1) is 13.0. The number of sulfonamides is 1. The number of amides is 2. The van der Waals surface area contributed by atoms with Gasteiger partial charge in [0.15, 0.2) is 0 Å². The monoisotopic (exact) mass is 387 g/mol. The van der Waals surface area contributed by atoms with Crippen LogP contribution < -0.4 is 5.32 Å². The van der Waals surface area contributed by atoms with Crippen molar-refractivity contribution < 1.29 is 13.2 Å². The normalized spacial score (nSPS) is 15.5. The van der Waals surface area contributed by atoms with Gasteiger partial charge in [0, 0.05) is 31.9 Å². The van der Waals surface area contributed by atoms with Gasteiger partial charge in [-0.05, 0) is 36.2 Å². The van der Waals surface area contributed by atoms with Gasteiger partial charge in [0.1, 0.15) is 0 Å². The van der Waals surface area contributed by atoms with Crippen LogP contribution in [0.15, 0.2) is 59.5 Å². The van der Waals surface area contributed by atoms with Crippen LogP contribution in [-0.4, -0.2) is 49.8 Å². The summed E-state index contributed by atoms with van der Waals surface area (Å²) in [4.78, 5) is 14.4. The topological polar surface area (TPSA) is 69.7 Å². The summed E-state index contributed by atoms with van der Waals surface area (Å²) >= 11 is 0. The van der Waals surface area contributed by atoms with Gasteiger partial charge >= 0.3 is 6.03 Å². The Bertz CT molecular complexity index is 859. The van der Waals surface area contributed by atoms with E-state index in [0.717, 1.165) is 18.5 Å². The number of nitrogens with one attached hydrogen (secondary N) is 1. The fourth-order valence-electron chi connectivity index (χ4n) is 3.12. The van der Waals surface area contributed by atoms with Gasteiger partial charge in [-0.1, -0.05) is 43.7 Å². The number of anilines is 1. The fraction of sp³-hybridized carbons (Fsp3) is 0.350. The van der Waals surface area contributed by atoms with Gasteiger partial charge in [-0.25, -0.2) is 13.2 Å². The fourth-order valence-corrected chi connectivity index (χ4v) is 4.56. The summed E-state index contributed by atoms with van der Waals surface area (Å²) in [6.07, 6.45) is 2.11. The van der Waals surface area contributed by atoms with Crippen LogP contribution in [0.25, 0.3) is 0 Å². The Labute approximate surface area is 160 Å². The second-order valence-corrected chi connectivity index (χ2v) is 8.52. The molecule has 1 N–H and O–H groups in total. The van der Waals surface area contributed by atoms with Crippen LogP contribution in [0.3, 0.4) is 0 Å². The van der Waals surface area contributed by atoms with E-state index in [0.29, 0.717) is 26.2 Å². The second kappa shape index (κ2) is 8.54. The highest BCUT2D eigenvalue weighted by Crippen LogP contribution is 2.18. The minimum atomic E-state index is -3.51. The van der Waals surface area contributed by atoms with E-state index in [-0.39, 0.29) is 10.9 Å². The van der Waals surface area contributed by atoms with Gasteiger partial charge in [-0.2, -0.15) is 4.31 Å². The lowest BCUT2D eigenvalue weighted by Gasteiger charge is -2.34. The van der Waals surface area contributed by atoms with Gasteiger partial charge < -0.3 is 10.2 Å². The van der Waals surface area contributed by atoms with Crippen molar-refractivity contribution >= 4 is 21.7 Å². The number of carbonyl (C=O) groups excluding carboxylic acids is 1. The predicted octanol–water partition coefficient (Wildman–Crippen LogP) is 3.18. The minimum Gasteiger partial charge on any atom is -0.322 e. The van der Waals surface area contributed by atoms with Crippen LogP contribution in [-0.2, 0) is 16.4 Å². The highest BCUT2D eigenvalue weighted by molar-refractivity contribution is 7.89. The zero-order valence-corrected chi connectivity index (χ0v) is 16.3. The maximum atomic E-state index is 12.6. The van der Waals surface area contributed by atoms with Crippen LogP contribution in [0.1, 0.15) is 18.9 Å². The third kappa shape index (κ3) is 4.67. The molecule has 27 heavy (non-hydrogen) atoms. The van der Waals surface area contributed by atoms with Gasteiger partial charge in [-0.3, -0.25) is 0 Å². The summed E-state index contributed by atoms with van der Waals surface area (Å²) in [6.45, 7) is 3.45. The Morgan fingerprint density at radius 3 is 2.19 bits per heavy atom. The molecule has 1 aliphatic rings. The lowest BCUT2D eigenvalue weighted by atomic mass is 10.1. The molecule has 0 aliphatic carbocycles. The number of carbonyl (C=O) groups is 1. The van der Waals surface area contributed by atoms with E-state index in [1.807, 2.05) is 24.3 Å². The lowest BCUT2D eigenvalue weighted by molar-refractivity contribution is 0.184. The molecule has 1 saturated heterocycles. The van der Waals surface area contributed by atoms with Crippen molar-refractivity contribution in [2.24, 2.45) is 0 Å². The number of rotatable bonds is 5. The summed E-state index contributed by atoms with van der Waals surface area (Å²) < 4.78 is 26.7. The molecule has 0 bridgehead atoms. The van der Waals surface area contributed by atoms with Crippen molar-refractivity contribution in [3.63, 3.8) is 0 Å². The van der Waals surface area contributed by atoms with Crippen molar-refractivity contribution in [2.75, 3.05) is 31.5 Å². The van der Waals surface area contributed by atoms with E-state index in [1.165, 1.54) is 9.87 Å². The predicted molar refractivity (Wildman–Crippen MR) is 106 cm³/mol. The minimum absolute atomic E-state index is 0.199. The largest absolute Gasteiger partial charge is 0.322 e. The number of hydrogen-bond acceptors (Lipinski definition) is 3. The van der Waals surface area contributed by atoms with Crippen LogP contribution >= 0.6 is 0 Å².